The van der Waals surface area contributed by atoms with E-state index in [1.807, 2.05) is 0 Å². The van der Waals surface area contributed by atoms with Crippen molar-refractivity contribution in [2.75, 3.05) is 12.9 Å². The van der Waals surface area contributed by atoms with Gasteiger partial charge >= 0.3 is 5.97 Å². The van der Waals surface area contributed by atoms with Crippen LogP contribution in [0.3, 0.4) is 0 Å². The molecule has 0 bridgehead atoms. The highest BCUT2D eigenvalue weighted by Gasteiger charge is 2.17. The zero-order valence-corrected chi connectivity index (χ0v) is 13.4. The summed E-state index contributed by atoms with van der Waals surface area (Å²) in [5, 5.41) is 2.66. The van der Waals surface area contributed by atoms with Crippen LogP contribution in [0.1, 0.15) is 18.1 Å². The molecular formula is C14H20N2O5S. The Morgan fingerprint density at radius 3 is 2.27 bits per heavy atom. The number of benzene rings is 1. The third kappa shape index (κ3) is 6.23. The first-order valence-electron chi connectivity index (χ1n) is 6.62. The Labute approximate surface area is 129 Å². The topological polar surface area (TPSA) is 116 Å². The van der Waals surface area contributed by atoms with Crippen LogP contribution in [0.2, 0.25) is 0 Å². The lowest BCUT2D eigenvalue weighted by Gasteiger charge is -2.08. The van der Waals surface area contributed by atoms with Gasteiger partial charge in [0.2, 0.25) is 5.91 Å². The lowest BCUT2D eigenvalue weighted by molar-refractivity contribution is -0.137. The van der Waals surface area contributed by atoms with Crippen molar-refractivity contribution in [3.05, 3.63) is 35.4 Å². The summed E-state index contributed by atoms with van der Waals surface area (Å²) in [7, 11) is -2.41. The second-order valence-electron chi connectivity index (χ2n) is 4.93. The normalized spacial score (nSPS) is 12.5. The molecule has 3 N–H and O–H groups in total. The molecule has 1 aromatic rings. The number of carbonyl (C=O) groups is 2. The molecule has 0 saturated carbocycles. The fourth-order valence-electron chi connectivity index (χ4n) is 1.65. The molecule has 22 heavy (non-hydrogen) atoms. The SMILES string of the molecule is COC(=O)CS(=O)(=O)Cc1ccc(CNC(=O)[C@@H](C)N)cc1. The Morgan fingerprint density at radius 2 is 1.77 bits per heavy atom. The number of hydrogen-bond acceptors (Lipinski definition) is 6. The Kier molecular flexibility index (Phi) is 6.51. The number of carbonyl (C=O) groups excluding carboxylic acids is 2. The molecule has 0 aliphatic rings. The van der Waals surface area contributed by atoms with Crippen molar-refractivity contribution in [1.82, 2.24) is 5.32 Å². The van der Waals surface area contributed by atoms with E-state index >= 15 is 0 Å². The first-order chi connectivity index (χ1) is 10.2. The van der Waals surface area contributed by atoms with Gasteiger partial charge in [0.05, 0.1) is 18.9 Å². The van der Waals surface area contributed by atoms with E-state index in [9.17, 15) is 18.0 Å². The molecule has 0 saturated heterocycles. The molecule has 1 amide bonds. The van der Waals surface area contributed by atoms with Crippen LogP contribution in [0.4, 0.5) is 0 Å². The maximum Gasteiger partial charge on any atom is 0.320 e. The van der Waals surface area contributed by atoms with Crippen LogP contribution in [-0.2, 0) is 36.5 Å². The molecule has 0 heterocycles. The van der Waals surface area contributed by atoms with Gasteiger partial charge in [0.1, 0.15) is 5.75 Å². The molecule has 0 aliphatic heterocycles. The smallest absolute Gasteiger partial charge is 0.320 e. The summed E-state index contributed by atoms with van der Waals surface area (Å²) >= 11 is 0. The van der Waals surface area contributed by atoms with Gasteiger partial charge in [0, 0.05) is 6.54 Å². The van der Waals surface area contributed by atoms with E-state index < -0.39 is 27.6 Å². The standard InChI is InChI=1S/C14H20N2O5S/c1-10(15)14(18)16-7-11-3-5-12(6-4-11)8-22(19,20)9-13(17)21-2/h3-6,10H,7-9,15H2,1-2H3,(H,16,18)/t10-/m1/s1. The minimum atomic E-state index is -3.56. The fraction of sp³-hybridized carbons (Fsp3) is 0.429. The number of sulfone groups is 1. The highest BCUT2D eigenvalue weighted by molar-refractivity contribution is 7.91. The van der Waals surface area contributed by atoms with Crippen molar-refractivity contribution < 1.29 is 22.7 Å². The predicted octanol–water partition coefficient (Wildman–Crippen LogP) is -0.262. The third-order valence-electron chi connectivity index (χ3n) is 2.86. The van der Waals surface area contributed by atoms with Crippen molar-refractivity contribution in [3.63, 3.8) is 0 Å². The van der Waals surface area contributed by atoms with Gasteiger partial charge in [-0.25, -0.2) is 8.42 Å². The van der Waals surface area contributed by atoms with Crippen LogP contribution in [0.5, 0.6) is 0 Å². The number of rotatable bonds is 7. The molecule has 8 heteroatoms. The second kappa shape index (κ2) is 7.90. The third-order valence-corrected chi connectivity index (χ3v) is 4.30. The van der Waals surface area contributed by atoms with E-state index in [4.69, 9.17) is 5.73 Å². The summed E-state index contributed by atoms with van der Waals surface area (Å²) < 4.78 is 27.9. The number of amides is 1. The summed E-state index contributed by atoms with van der Waals surface area (Å²) in [5.41, 5.74) is 6.81. The molecule has 0 fully saturated rings. The van der Waals surface area contributed by atoms with Crippen molar-refractivity contribution in [3.8, 4) is 0 Å². The molecular weight excluding hydrogens is 308 g/mol. The molecule has 0 unspecified atom stereocenters. The summed E-state index contributed by atoms with van der Waals surface area (Å²) in [5.74, 6) is -1.93. The van der Waals surface area contributed by atoms with Crippen LogP contribution >= 0.6 is 0 Å². The maximum absolute atomic E-state index is 11.8. The Bertz CT molecular complexity index is 623. The monoisotopic (exact) mass is 328 g/mol. The van der Waals surface area contributed by atoms with Gasteiger partial charge in [0.15, 0.2) is 9.84 Å². The van der Waals surface area contributed by atoms with Gasteiger partial charge in [-0.1, -0.05) is 24.3 Å². The number of nitrogens with two attached hydrogens (primary N) is 1. The molecule has 0 radical (unpaired) electrons. The Hall–Kier alpha value is -1.93. The van der Waals surface area contributed by atoms with E-state index in [1.165, 1.54) is 0 Å². The lowest BCUT2D eigenvalue weighted by Crippen LogP contribution is -2.37. The minimum absolute atomic E-state index is 0.241. The summed E-state index contributed by atoms with van der Waals surface area (Å²) in [4.78, 5) is 22.4. The van der Waals surface area contributed by atoms with Gasteiger partial charge in [-0.15, -0.1) is 0 Å². The van der Waals surface area contributed by atoms with Crippen molar-refractivity contribution in [1.29, 1.82) is 0 Å². The van der Waals surface area contributed by atoms with Crippen LogP contribution in [0.15, 0.2) is 24.3 Å². The van der Waals surface area contributed by atoms with Gasteiger partial charge < -0.3 is 15.8 Å². The van der Waals surface area contributed by atoms with E-state index in [0.29, 0.717) is 12.1 Å². The zero-order valence-electron chi connectivity index (χ0n) is 12.5. The van der Waals surface area contributed by atoms with Gasteiger partial charge in [-0.05, 0) is 18.1 Å². The van der Waals surface area contributed by atoms with Crippen molar-refractivity contribution >= 4 is 21.7 Å². The average Bonchev–Trinajstić information content (AvgIpc) is 2.45. The lowest BCUT2D eigenvalue weighted by atomic mass is 10.1. The summed E-state index contributed by atoms with van der Waals surface area (Å²) in [6, 6.07) is 6.13. The molecule has 0 aromatic heterocycles. The number of hydrogen-bond donors (Lipinski definition) is 2. The first-order valence-corrected chi connectivity index (χ1v) is 8.44. The Morgan fingerprint density at radius 1 is 1.23 bits per heavy atom. The minimum Gasteiger partial charge on any atom is -0.468 e. The van der Waals surface area contributed by atoms with E-state index in [0.717, 1.165) is 12.7 Å². The molecule has 1 rings (SSSR count). The van der Waals surface area contributed by atoms with E-state index in [-0.39, 0.29) is 11.7 Å². The predicted molar refractivity (Wildman–Crippen MR) is 81.4 cm³/mol. The maximum atomic E-state index is 11.8. The summed E-state index contributed by atoms with van der Waals surface area (Å²) in [6.45, 7) is 1.90. The van der Waals surface area contributed by atoms with Crippen LogP contribution in [0, 0.1) is 0 Å². The Balaban J connectivity index is 2.62. The molecule has 7 nitrogen and oxygen atoms in total. The highest BCUT2D eigenvalue weighted by Crippen LogP contribution is 2.09. The second-order valence-corrected chi connectivity index (χ2v) is 7.00. The average molecular weight is 328 g/mol. The molecule has 0 aliphatic carbocycles. The first kappa shape index (κ1) is 18.1. The fourth-order valence-corrected chi connectivity index (χ4v) is 2.93. The van der Waals surface area contributed by atoms with Crippen LogP contribution in [0.25, 0.3) is 0 Å². The van der Waals surface area contributed by atoms with E-state index in [1.54, 1.807) is 31.2 Å². The van der Waals surface area contributed by atoms with E-state index in [2.05, 4.69) is 10.1 Å². The number of methoxy groups -OCH3 is 1. The zero-order chi connectivity index (χ0) is 16.8. The largest absolute Gasteiger partial charge is 0.468 e. The number of ether oxygens (including phenoxy) is 1. The highest BCUT2D eigenvalue weighted by atomic mass is 32.2. The molecule has 0 spiro atoms. The van der Waals surface area contributed by atoms with Gasteiger partial charge in [-0.3, -0.25) is 9.59 Å². The van der Waals surface area contributed by atoms with Crippen LogP contribution < -0.4 is 11.1 Å². The quantitative estimate of drug-likeness (QED) is 0.666. The van der Waals surface area contributed by atoms with Gasteiger partial charge in [0.25, 0.3) is 0 Å². The molecule has 1 aromatic carbocycles. The van der Waals surface area contributed by atoms with Gasteiger partial charge in [-0.2, -0.15) is 0 Å². The number of esters is 1. The van der Waals surface area contributed by atoms with Crippen LogP contribution in [-0.4, -0.2) is 39.2 Å². The molecule has 1 atom stereocenters. The molecule has 122 valence electrons. The summed E-state index contributed by atoms with van der Waals surface area (Å²) in [6.07, 6.45) is 0. The van der Waals surface area contributed by atoms with Crippen molar-refractivity contribution in [2.24, 2.45) is 5.73 Å². The van der Waals surface area contributed by atoms with Crippen molar-refractivity contribution in [2.45, 2.75) is 25.3 Å². The number of nitrogens with one attached hydrogen (secondary N) is 1.